The maximum atomic E-state index is 11.2. The first-order valence-corrected chi connectivity index (χ1v) is 4.72. The van der Waals surface area contributed by atoms with Gasteiger partial charge >= 0.3 is 0 Å². The van der Waals surface area contributed by atoms with Crippen LogP contribution in [-0.4, -0.2) is 15.2 Å². The van der Waals surface area contributed by atoms with Crippen molar-refractivity contribution >= 4 is 29.0 Å². The van der Waals surface area contributed by atoms with Gasteiger partial charge in [-0.2, -0.15) is 5.10 Å². The number of hydrogen-bond acceptors (Lipinski definition) is 2. The summed E-state index contributed by atoms with van der Waals surface area (Å²) in [5, 5.41) is 8.02. The fourth-order valence-corrected chi connectivity index (χ4v) is 1.81. The molecule has 3 rings (SSSR count). The summed E-state index contributed by atoms with van der Waals surface area (Å²) in [6.45, 7) is 1.92. The van der Waals surface area contributed by atoms with E-state index in [1.165, 1.54) is 0 Å². The van der Waals surface area contributed by atoms with E-state index in [2.05, 4.69) is 15.2 Å². The van der Waals surface area contributed by atoms with E-state index in [0.717, 1.165) is 22.2 Å². The van der Waals surface area contributed by atoms with Gasteiger partial charge < -0.3 is 4.98 Å². The van der Waals surface area contributed by atoms with Crippen molar-refractivity contribution in [3.05, 3.63) is 45.9 Å². The molecule has 0 aromatic carbocycles. The molecule has 16 heavy (non-hydrogen) atoms. The lowest BCUT2D eigenvalue weighted by Gasteiger charge is -2.05. The molecule has 1 aliphatic carbocycles. The van der Waals surface area contributed by atoms with Crippen LogP contribution in [-0.2, 0) is 0 Å². The number of H-pyrrole nitrogens is 2. The van der Waals surface area contributed by atoms with Crippen molar-refractivity contribution < 1.29 is 0 Å². The van der Waals surface area contributed by atoms with Crippen molar-refractivity contribution in [3.63, 3.8) is 0 Å². The number of aromatic nitrogens is 3. The number of halogens is 1. The summed E-state index contributed by atoms with van der Waals surface area (Å²) in [4.78, 5) is 13.9. The molecule has 0 fully saturated rings. The Morgan fingerprint density at radius 3 is 2.75 bits per heavy atom. The molecule has 2 N–H and O–H groups in total. The Morgan fingerprint density at radius 1 is 1.38 bits per heavy atom. The third-order valence-electron chi connectivity index (χ3n) is 2.59. The van der Waals surface area contributed by atoms with Crippen molar-refractivity contribution in [2.45, 2.75) is 6.92 Å². The van der Waals surface area contributed by atoms with Gasteiger partial charge in [0.2, 0.25) is 5.56 Å². The van der Waals surface area contributed by atoms with Crippen LogP contribution in [0.2, 0.25) is 0 Å². The van der Waals surface area contributed by atoms with Crippen molar-refractivity contribution in [1.29, 1.82) is 0 Å². The van der Waals surface area contributed by atoms with Gasteiger partial charge in [0.15, 0.2) is 5.65 Å². The van der Waals surface area contributed by atoms with E-state index in [-0.39, 0.29) is 18.0 Å². The van der Waals surface area contributed by atoms with Gasteiger partial charge in [0, 0.05) is 17.0 Å². The molecule has 0 spiro atoms. The number of pyridine rings is 1. The van der Waals surface area contributed by atoms with Gasteiger partial charge in [-0.3, -0.25) is 9.89 Å². The Labute approximate surface area is 97.5 Å². The lowest BCUT2D eigenvalue weighted by molar-refractivity contribution is 1.08. The number of rotatable bonds is 1. The molecule has 0 saturated carbocycles. The molecule has 2 aromatic rings. The highest BCUT2D eigenvalue weighted by Gasteiger charge is 2.13. The zero-order chi connectivity index (χ0) is 10.4. The lowest BCUT2D eigenvalue weighted by Crippen LogP contribution is -2.04. The summed E-state index contributed by atoms with van der Waals surface area (Å²) < 4.78 is 0. The molecule has 0 radical (unpaired) electrons. The molecule has 0 amide bonds. The van der Waals surface area contributed by atoms with Crippen LogP contribution in [0.3, 0.4) is 0 Å². The van der Waals surface area contributed by atoms with Gasteiger partial charge in [-0.25, -0.2) is 0 Å². The first-order valence-electron chi connectivity index (χ1n) is 4.72. The Balaban J connectivity index is 0.000000963. The van der Waals surface area contributed by atoms with E-state index in [1.54, 1.807) is 6.07 Å². The number of allylic oxidation sites excluding steroid dienone is 4. The van der Waals surface area contributed by atoms with Crippen LogP contribution in [0.1, 0.15) is 11.3 Å². The van der Waals surface area contributed by atoms with Crippen LogP contribution < -0.4 is 5.56 Å². The Hall–Kier alpha value is -1.81. The van der Waals surface area contributed by atoms with Gasteiger partial charge in [0.25, 0.3) is 0 Å². The van der Waals surface area contributed by atoms with Crippen LogP contribution in [0.4, 0.5) is 0 Å². The molecular weight excluding hydrogens is 226 g/mol. The zero-order valence-electron chi connectivity index (χ0n) is 8.57. The minimum atomic E-state index is -0.115. The van der Waals surface area contributed by atoms with Gasteiger partial charge in [0.05, 0.1) is 5.69 Å². The minimum absolute atomic E-state index is 0. The maximum absolute atomic E-state index is 11.2. The summed E-state index contributed by atoms with van der Waals surface area (Å²) in [6, 6.07) is 1.59. The van der Waals surface area contributed by atoms with Crippen LogP contribution in [0.15, 0.2) is 29.1 Å². The van der Waals surface area contributed by atoms with E-state index < -0.39 is 0 Å². The number of fused-ring (bicyclic) bond motifs is 1. The number of aryl methyl sites for hydroxylation is 1. The van der Waals surface area contributed by atoms with Crippen LogP contribution >= 0.6 is 12.4 Å². The highest BCUT2D eigenvalue weighted by atomic mass is 35.5. The Bertz CT molecular complexity index is 663. The SMILES string of the molecule is Cc1cc(=O)[nH]c2n[nH]c(C3=CC=C3)c12.Cl. The second kappa shape index (κ2) is 3.64. The van der Waals surface area contributed by atoms with Gasteiger partial charge in [-0.15, -0.1) is 12.4 Å². The molecule has 0 bridgehead atoms. The predicted octanol–water partition coefficient (Wildman–Crippen LogP) is 1.93. The largest absolute Gasteiger partial charge is 0.305 e. The molecule has 5 heteroatoms. The summed E-state index contributed by atoms with van der Waals surface area (Å²) in [7, 11) is 0. The second-order valence-electron chi connectivity index (χ2n) is 3.62. The van der Waals surface area contributed by atoms with E-state index >= 15 is 0 Å². The molecule has 0 unspecified atom stereocenters. The molecule has 82 valence electrons. The van der Waals surface area contributed by atoms with Crippen LogP contribution in [0.25, 0.3) is 16.6 Å². The first-order chi connectivity index (χ1) is 7.25. The molecule has 1 aliphatic rings. The molecule has 4 nitrogen and oxygen atoms in total. The topological polar surface area (TPSA) is 61.5 Å². The molecule has 0 aliphatic heterocycles. The number of nitrogens with one attached hydrogen (secondary N) is 2. The molecular formula is C11H10ClN3O. The molecule has 0 atom stereocenters. The summed E-state index contributed by atoms with van der Waals surface area (Å²) in [6.07, 6.45) is 6.00. The normalized spacial score (nSPS) is 13.2. The molecule has 2 heterocycles. The van der Waals surface area contributed by atoms with Crippen LogP contribution in [0, 0.1) is 6.92 Å². The number of hydrogen-bond donors (Lipinski definition) is 2. The zero-order valence-corrected chi connectivity index (χ0v) is 9.39. The third-order valence-corrected chi connectivity index (χ3v) is 2.59. The number of aromatic amines is 2. The van der Waals surface area contributed by atoms with Gasteiger partial charge in [-0.05, 0) is 12.5 Å². The van der Waals surface area contributed by atoms with Gasteiger partial charge in [0.1, 0.15) is 0 Å². The van der Waals surface area contributed by atoms with Crippen molar-refractivity contribution in [1.82, 2.24) is 15.2 Å². The van der Waals surface area contributed by atoms with Crippen molar-refractivity contribution in [3.8, 4) is 0 Å². The fourth-order valence-electron chi connectivity index (χ4n) is 1.81. The lowest BCUT2D eigenvalue weighted by atomic mass is 10.0. The van der Waals surface area contributed by atoms with Gasteiger partial charge in [-0.1, -0.05) is 18.2 Å². The third kappa shape index (κ3) is 1.39. The Kier molecular flexibility index (Phi) is 2.44. The minimum Gasteiger partial charge on any atom is -0.305 e. The quantitative estimate of drug-likeness (QED) is 0.794. The standard InChI is InChI=1S/C11H9N3O.ClH/c1-6-5-8(15)12-11-9(6)10(13-14-11)7-3-2-4-7;/h2-5H,1H3,(H2,12,13,14,15);1H. The monoisotopic (exact) mass is 235 g/mol. The molecule has 0 saturated heterocycles. The van der Waals surface area contributed by atoms with E-state index in [4.69, 9.17) is 0 Å². The summed E-state index contributed by atoms with van der Waals surface area (Å²) >= 11 is 0. The van der Waals surface area contributed by atoms with E-state index in [9.17, 15) is 4.79 Å². The summed E-state index contributed by atoms with van der Waals surface area (Å²) in [5.74, 6) is 0. The summed E-state index contributed by atoms with van der Waals surface area (Å²) in [5.41, 5.74) is 3.54. The highest BCUT2D eigenvalue weighted by Crippen LogP contribution is 2.27. The maximum Gasteiger partial charge on any atom is 0.249 e. The van der Waals surface area contributed by atoms with E-state index in [1.807, 2.05) is 25.2 Å². The van der Waals surface area contributed by atoms with Crippen molar-refractivity contribution in [2.75, 3.05) is 0 Å². The van der Waals surface area contributed by atoms with E-state index in [0.29, 0.717) is 5.65 Å². The second-order valence-corrected chi connectivity index (χ2v) is 3.62. The number of nitrogens with zero attached hydrogens (tertiary/aromatic N) is 1. The highest BCUT2D eigenvalue weighted by molar-refractivity contribution is 5.95. The first kappa shape index (κ1) is 10.7. The predicted molar refractivity (Wildman–Crippen MR) is 65.8 cm³/mol. The Morgan fingerprint density at radius 2 is 2.12 bits per heavy atom. The van der Waals surface area contributed by atoms with Crippen molar-refractivity contribution in [2.24, 2.45) is 0 Å². The fraction of sp³-hybridized carbons (Fsp3) is 0.0909. The molecule has 2 aromatic heterocycles. The van der Waals surface area contributed by atoms with Crippen LogP contribution in [0.5, 0.6) is 0 Å². The smallest absolute Gasteiger partial charge is 0.249 e. The average molecular weight is 236 g/mol. The average Bonchev–Trinajstić information content (AvgIpc) is 2.45.